The summed E-state index contributed by atoms with van der Waals surface area (Å²) in [5, 5.41) is 7.35. The molecule has 1 N–H and O–H groups in total. The van der Waals surface area contributed by atoms with Gasteiger partial charge in [-0.2, -0.15) is 5.10 Å². The van der Waals surface area contributed by atoms with Crippen LogP contribution in [0.5, 0.6) is 0 Å². The fraction of sp³-hybridized carbons (Fsp3) is 0.474. The minimum atomic E-state index is 0.141. The van der Waals surface area contributed by atoms with Gasteiger partial charge >= 0.3 is 0 Å². The number of rotatable bonds is 5. The van der Waals surface area contributed by atoms with Gasteiger partial charge in [0.05, 0.1) is 18.4 Å². The number of benzene rings is 1. The number of nitrogens with zero attached hydrogens (tertiary/aromatic N) is 2. The Labute approximate surface area is 136 Å². The van der Waals surface area contributed by atoms with Crippen molar-refractivity contribution < 1.29 is 4.79 Å². The lowest BCUT2D eigenvalue weighted by Crippen LogP contribution is -2.20. The van der Waals surface area contributed by atoms with E-state index in [-0.39, 0.29) is 5.91 Å². The predicted octanol–water partition coefficient (Wildman–Crippen LogP) is 3.70. The van der Waals surface area contributed by atoms with Crippen molar-refractivity contribution in [2.24, 2.45) is 17.8 Å². The smallest absolute Gasteiger partial charge is 0.224 e. The summed E-state index contributed by atoms with van der Waals surface area (Å²) in [5.74, 6) is 2.44. The van der Waals surface area contributed by atoms with E-state index in [1.165, 1.54) is 31.2 Å². The highest BCUT2D eigenvalue weighted by Gasteiger charge is 2.40. The van der Waals surface area contributed by atoms with Gasteiger partial charge in [-0.25, -0.2) is 0 Å². The summed E-state index contributed by atoms with van der Waals surface area (Å²) in [6.45, 7) is 0.725. The van der Waals surface area contributed by atoms with E-state index in [0.29, 0.717) is 12.3 Å². The maximum absolute atomic E-state index is 12.3. The molecule has 2 fully saturated rings. The zero-order valence-corrected chi connectivity index (χ0v) is 13.3. The lowest BCUT2D eigenvalue weighted by Gasteiger charge is -2.20. The number of hydrogen-bond donors (Lipinski definition) is 1. The second kappa shape index (κ2) is 6.19. The molecule has 2 bridgehead atoms. The van der Waals surface area contributed by atoms with Crippen LogP contribution < -0.4 is 5.32 Å². The predicted molar refractivity (Wildman–Crippen MR) is 90.0 cm³/mol. The first kappa shape index (κ1) is 14.5. The molecule has 3 unspecified atom stereocenters. The summed E-state index contributed by atoms with van der Waals surface area (Å²) in [6.07, 6.45) is 9.64. The molecule has 2 aliphatic rings. The molecule has 3 atom stereocenters. The van der Waals surface area contributed by atoms with Crippen LogP contribution in [-0.4, -0.2) is 15.7 Å². The monoisotopic (exact) mass is 309 g/mol. The minimum absolute atomic E-state index is 0.141. The van der Waals surface area contributed by atoms with Crippen LogP contribution >= 0.6 is 0 Å². The van der Waals surface area contributed by atoms with Crippen LogP contribution in [0.25, 0.3) is 0 Å². The zero-order chi connectivity index (χ0) is 15.6. The summed E-state index contributed by atoms with van der Waals surface area (Å²) in [6, 6.07) is 10.2. The first-order valence-electron chi connectivity index (χ1n) is 8.62. The molecule has 4 nitrogen and oxygen atoms in total. The Balaban J connectivity index is 1.31. The van der Waals surface area contributed by atoms with E-state index in [2.05, 4.69) is 22.5 Å². The molecule has 1 amide bonds. The van der Waals surface area contributed by atoms with Crippen LogP contribution in [0.3, 0.4) is 0 Å². The second-order valence-electron chi connectivity index (χ2n) is 7.10. The molecule has 2 aromatic rings. The van der Waals surface area contributed by atoms with Gasteiger partial charge in [0.1, 0.15) is 0 Å². The van der Waals surface area contributed by atoms with E-state index >= 15 is 0 Å². The average molecular weight is 309 g/mol. The van der Waals surface area contributed by atoms with E-state index in [0.717, 1.165) is 24.1 Å². The van der Waals surface area contributed by atoms with E-state index < -0.39 is 0 Å². The Morgan fingerprint density at radius 2 is 2.09 bits per heavy atom. The maximum atomic E-state index is 12.3. The van der Waals surface area contributed by atoms with E-state index in [9.17, 15) is 4.79 Å². The van der Waals surface area contributed by atoms with Crippen LogP contribution in [-0.2, 0) is 11.3 Å². The van der Waals surface area contributed by atoms with Gasteiger partial charge in [-0.3, -0.25) is 9.48 Å². The molecule has 0 saturated heterocycles. The quantitative estimate of drug-likeness (QED) is 0.915. The largest absolute Gasteiger partial charge is 0.323 e. The van der Waals surface area contributed by atoms with Gasteiger partial charge in [0.2, 0.25) is 5.91 Å². The van der Waals surface area contributed by atoms with Crippen LogP contribution in [0.2, 0.25) is 0 Å². The Kier molecular flexibility index (Phi) is 3.90. The fourth-order valence-corrected chi connectivity index (χ4v) is 4.36. The second-order valence-corrected chi connectivity index (χ2v) is 7.10. The van der Waals surface area contributed by atoms with E-state index in [1.54, 1.807) is 6.20 Å². The summed E-state index contributed by atoms with van der Waals surface area (Å²) in [4.78, 5) is 12.3. The van der Waals surface area contributed by atoms with Crippen molar-refractivity contribution in [2.75, 3.05) is 5.32 Å². The van der Waals surface area contributed by atoms with Gasteiger partial charge in [0.25, 0.3) is 0 Å². The molecule has 120 valence electrons. The number of anilines is 1. The third-order valence-electron chi connectivity index (χ3n) is 5.44. The normalized spacial score (nSPS) is 25.7. The van der Waals surface area contributed by atoms with Crippen LogP contribution in [0.4, 0.5) is 5.69 Å². The van der Waals surface area contributed by atoms with Crippen molar-refractivity contribution in [3.05, 3.63) is 48.3 Å². The summed E-state index contributed by atoms with van der Waals surface area (Å²) in [5.41, 5.74) is 2.00. The fourth-order valence-electron chi connectivity index (χ4n) is 4.36. The highest BCUT2D eigenvalue weighted by molar-refractivity contribution is 5.90. The van der Waals surface area contributed by atoms with Crippen LogP contribution in [0.15, 0.2) is 42.7 Å². The standard InChI is InChI=1S/C19H23N3O/c23-19(10-17-9-15-6-7-16(17)8-15)21-18-11-20-22(13-18)12-14-4-2-1-3-5-14/h1-5,11,13,15-17H,6-10,12H2,(H,21,23). The molecule has 2 aliphatic carbocycles. The van der Waals surface area contributed by atoms with Crippen molar-refractivity contribution in [1.82, 2.24) is 9.78 Å². The SMILES string of the molecule is O=C(CC1CC2CCC1C2)Nc1cnn(Cc2ccccc2)c1. The Morgan fingerprint density at radius 3 is 2.83 bits per heavy atom. The molecule has 1 aromatic carbocycles. The van der Waals surface area contributed by atoms with Crippen LogP contribution in [0, 0.1) is 17.8 Å². The minimum Gasteiger partial charge on any atom is -0.323 e. The van der Waals surface area contributed by atoms with Crippen molar-refractivity contribution in [1.29, 1.82) is 0 Å². The molecule has 1 heterocycles. The third kappa shape index (κ3) is 3.31. The molecule has 1 aromatic heterocycles. The van der Waals surface area contributed by atoms with Crippen molar-refractivity contribution in [2.45, 2.75) is 38.6 Å². The van der Waals surface area contributed by atoms with Gasteiger partial charge in [-0.15, -0.1) is 0 Å². The number of carbonyl (C=O) groups is 1. The number of amides is 1. The molecule has 0 radical (unpaired) electrons. The molecule has 23 heavy (non-hydrogen) atoms. The first-order valence-corrected chi connectivity index (χ1v) is 8.62. The highest BCUT2D eigenvalue weighted by Crippen LogP contribution is 2.49. The van der Waals surface area contributed by atoms with Gasteiger partial charge in [0.15, 0.2) is 0 Å². The van der Waals surface area contributed by atoms with Crippen molar-refractivity contribution in [3.63, 3.8) is 0 Å². The topological polar surface area (TPSA) is 46.9 Å². The zero-order valence-electron chi connectivity index (χ0n) is 13.3. The lowest BCUT2D eigenvalue weighted by atomic mass is 9.86. The molecular formula is C19H23N3O. The number of nitrogens with one attached hydrogen (secondary N) is 1. The number of fused-ring (bicyclic) bond motifs is 2. The Bertz CT molecular complexity index is 679. The Morgan fingerprint density at radius 1 is 1.22 bits per heavy atom. The molecule has 4 heteroatoms. The van der Waals surface area contributed by atoms with Crippen molar-refractivity contribution in [3.8, 4) is 0 Å². The first-order chi connectivity index (χ1) is 11.3. The average Bonchev–Trinajstić information content (AvgIpc) is 3.26. The van der Waals surface area contributed by atoms with Gasteiger partial charge in [-0.1, -0.05) is 36.8 Å². The van der Waals surface area contributed by atoms with Gasteiger partial charge in [-0.05, 0) is 42.6 Å². The number of carbonyl (C=O) groups excluding carboxylic acids is 1. The third-order valence-corrected chi connectivity index (χ3v) is 5.44. The molecular weight excluding hydrogens is 286 g/mol. The molecule has 4 rings (SSSR count). The maximum Gasteiger partial charge on any atom is 0.224 e. The van der Waals surface area contributed by atoms with E-state index in [1.807, 2.05) is 29.1 Å². The molecule has 0 aliphatic heterocycles. The summed E-state index contributed by atoms with van der Waals surface area (Å²) < 4.78 is 1.86. The van der Waals surface area contributed by atoms with Crippen LogP contribution in [0.1, 0.15) is 37.7 Å². The van der Waals surface area contributed by atoms with E-state index in [4.69, 9.17) is 0 Å². The summed E-state index contributed by atoms with van der Waals surface area (Å²) >= 11 is 0. The summed E-state index contributed by atoms with van der Waals surface area (Å²) in [7, 11) is 0. The Hall–Kier alpha value is -2.10. The van der Waals surface area contributed by atoms with Gasteiger partial charge < -0.3 is 5.32 Å². The lowest BCUT2D eigenvalue weighted by molar-refractivity contribution is -0.117. The number of hydrogen-bond acceptors (Lipinski definition) is 2. The van der Waals surface area contributed by atoms with Gasteiger partial charge in [0, 0.05) is 12.6 Å². The molecule has 0 spiro atoms. The number of aromatic nitrogens is 2. The van der Waals surface area contributed by atoms with Crippen molar-refractivity contribution >= 4 is 11.6 Å². The molecule has 2 saturated carbocycles. The highest BCUT2D eigenvalue weighted by atomic mass is 16.1.